The summed E-state index contributed by atoms with van der Waals surface area (Å²) in [5.41, 5.74) is 2.39. The highest BCUT2D eigenvalue weighted by molar-refractivity contribution is 5.66. The van der Waals surface area contributed by atoms with Crippen molar-refractivity contribution in [3.8, 4) is 0 Å². The second kappa shape index (κ2) is 14.2. The molecule has 1 atom stereocenters. The molecule has 0 amide bonds. The van der Waals surface area contributed by atoms with Crippen LogP contribution in [0.1, 0.15) is 45.6 Å². The molecule has 0 aromatic heterocycles. The zero-order chi connectivity index (χ0) is 19.9. The number of hydrogen-bond donors (Lipinski definition) is 1. The Balaban J connectivity index is 0.00000176. The molecule has 1 aliphatic carbocycles. The Morgan fingerprint density at radius 3 is 2.63 bits per heavy atom. The van der Waals surface area contributed by atoms with Gasteiger partial charge in [-0.15, -0.1) is 0 Å². The number of likely N-dealkylation sites (N-methyl/N-ethyl adjacent to an activating group) is 1. The number of aliphatic hydroxyl groups excluding tert-OH is 1. The van der Waals surface area contributed by atoms with E-state index in [1.54, 1.807) is 0 Å². The minimum atomic E-state index is 0.218. The SMILES string of the molecule is C=C(c1ccccc1)C1C=CC(OCCCN(CC)CCO)=CCC1.CC. The molecule has 2 rings (SSSR count). The van der Waals surface area contributed by atoms with Gasteiger partial charge in [-0.05, 0) is 49.1 Å². The molecular weight excluding hydrogens is 334 g/mol. The molecule has 0 radical (unpaired) electrons. The third-order valence-corrected chi connectivity index (χ3v) is 4.66. The fraction of sp³-hybridized carbons (Fsp3) is 0.500. The Labute approximate surface area is 166 Å². The molecule has 3 nitrogen and oxygen atoms in total. The first-order valence-corrected chi connectivity index (χ1v) is 10.3. The van der Waals surface area contributed by atoms with E-state index in [2.05, 4.69) is 60.9 Å². The van der Waals surface area contributed by atoms with Crippen LogP contribution >= 0.6 is 0 Å². The highest BCUT2D eigenvalue weighted by Crippen LogP contribution is 2.29. The van der Waals surface area contributed by atoms with Gasteiger partial charge in [0, 0.05) is 19.0 Å². The minimum absolute atomic E-state index is 0.218. The van der Waals surface area contributed by atoms with E-state index in [-0.39, 0.29) is 6.61 Å². The Hall–Kier alpha value is -1.84. The minimum Gasteiger partial charge on any atom is -0.494 e. The molecule has 1 N–H and O–H groups in total. The first-order valence-electron chi connectivity index (χ1n) is 10.3. The lowest BCUT2D eigenvalue weighted by Crippen LogP contribution is -2.28. The van der Waals surface area contributed by atoms with Crippen LogP contribution < -0.4 is 0 Å². The van der Waals surface area contributed by atoms with Crippen molar-refractivity contribution in [2.45, 2.75) is 40.0 Å². The zero-order valence-electron chi connectivity index (χ0n) is 17.4. The molecule has 0 aliphatic heterocycles. The van der Waals surface area contributed by atoms with Crippen molar-refractivity contribution in [2.24, 2.45) is 5.92 Å². The maximum atomic E-state index is 9.01. The summed E-state index contributed by atoms with van der Waals surface area (Å²) >= 11 is 0. The van der Waals surface area contributed by atoms with E-state index in [0.717, 1.165) is 44.7 Å². The van der Waals surface area contributed by atoms with Gasteiger partial charge in [-0.2, -0.15) is 0 Å². The van der Waals surface area contributed by atoms with E-state index in [1.165, 1.54) is 11.1 Å². The van der Waals surface area contributed by atoms with Crippen LogP contribution in [0.3, 0.4) is 0 Å². The van der Waals surface area contributed by atoms with Gasteiger partial charge in [-0.25, -0.2) is 0 Å². The van der Waals surface area contributed by atoms with Crippen molar-refractivity contribution in [1.82, 2.24) is 4.90 Å². The normalized spacial score (nSPS) is 16.2. The summed E-state index contributed by atoms with van der Waals surface area (Å²) in [5, 5.41) is 9.01. The van der Waals surface area contributed by atoms with Crippen LogP contribution in [0.2, 0.25) is 0 Å². The lowest BCUT2D eigenvalue weighted by Gasteiger charge is -2.18. The molecule has 0 bridgehead atoms. The summed E-state index contributed by atoms with van der Waals surface area (Å²) in [6.45, 7) is 14.0. The van der Waals surface area contributed by atoms with Gasteiger partial charge in [0.15, 0.2) is 0 Å². The lowest BCUT2D eigenvalue weighted by atomic mass is 9.90. The van der Waals surface area contributed by atoms with Crippen molar-refractivity contribution in [1.29, 1.82) is 0 Å². The second-order valence-corrected chi connectivity index (χ2v) is 6.40. The topological polar surface area (TPSA) is 32.7 Å². The van der Waals surface area contributed by atoms with Gasteiger partial charge in [-0.1, -0.05) is 63.8 Å². The van der Waals surface area contributed by atoms with E-state index in [9.17, 15) is 0 Å². The maximum absolute atomic E-state index is 9.01. The highest BCUT2D eigenvalue weighted by atomic mass is 16.5. The number of benzene rings is 1. The average Bonchev–Trinajstić information content (AvgIpc) is 2.97. The zero-order valence-corrected chi connectivity index (χ0v) is 17.4. The summed E-state index contributed by atoms with van der Waals surface area (Å²) in [7, 11) is 0. The Kier molecular flexibility index (Phi) is 12.2. The summed E-state index contributed by atoms with van der Waals surface area (Å²) in [6, 6.07) is 10.4. The molecule has 27 heavy (non-hydrogen) atoms. The van der Waals surface area contributed by atoms with Crippen LogP contribution in [0.15, 0.2) is 60.9 Å². The third-order valence-electron chi connectivity index (χ3n) is 4.66. The highest BCUT2D eigenvalue weighted by Gasteiger charge is 2.13. The van der Waals surface area contributed by atoms with Crippen LogP contribution in [0.5, 0.6) is 0 Å². The van der Waals surface area contributed by atoms with Gasteiger partial charge in [-0.3, -0.25) is 0 Å². The van der Waals surface area contributed by atoms with Gasteiger partial charge < -0.3 is 14.7 Å². The molecule has 0 fully saturated rings. The van der Waals surface area contributed by atoms with Gasteiger partial charge in [0.05, 0.1) is 13.2 Å². The second-order valence-electron chi connectivity index (χ2n) is 6.40. The van der Waals surface area contributed by atoms with Gasteiger partial charge >= 0.3 is 0 Å². The number of hydrogen-bond acceptors (Lipinski definition) is 3. The lowest BCUT2D eigenvalue weighted by molar-refractivity contribution is 0.170. The quantitative estimate of drug-likeness (QED) is 0.567. The number of rotatable bonds is 10. The predicted octanol–water partition coefficient (Wildman–Crippen LogP) is 5.30. The standard InChI is InChI=1S/C22H31NO2.C2H6/c1-3-23(16-17-24)15-8-18-25-22-12-7-11-21(13-14-22)19(2)20-9-5-4-6-10-20;1-2/h4-6,9-10,12-14,21,24H,2-3,7-8,11,15-18H2,1H3;1-2H3. The van der Waals surface area contributed by atoms with E-state index >= 15 is 0 Å². The first-order chi connectivity index (χ1) is 13.2. The van der Waals surface area contributed by atoms with E-state index in [1.807, 2.05) is 19.9 Å². The Morgan fingerprint density at radius 1 is 1.22 bits per heavy atom. The fourth-order valence-corrected chi connectivity index (χ4v) is 3.09. The molecule has 1 aliphatic rings. The maximum Gasteiger partial charge on any atom is 0.115 e. The molecular formula is C24H37NO2. The number of ether oxygens (including phenoxy) is 1. The fourth-order valence-electron chi connectivity index (χ4n) is 3.09. The van der Waals surface area contributed by atoms with Crippen molar-refractivity contribution in [3.05, 3.63) is 66.5 Å². The van der Waals surface area contributed by atoms with Crippen LogP contribution in [0.25, 0.3) is 5.57 Å². The monoisotopic (exact) mass is 371 g/mol. The molecule has 0 saturated heterocycles. The van der Waals surface area contributed by atoms with Gasteiger partial charge in [0.2, 0.25) is 0 Å². The Bertz CT molecular complexity index is 577. The molecule has 0 spiro atoms. The smallest absolute Gasteiger partial charge is 0.115 e. The predicted molar refractivity (Wildman–Crippen MR) is 117 cm³/mol. The van der Waals surface area contributed by atoms with E-state index in [4.69, 9.17) is 9.84 Å². The summed E-state index contributed by atoms with van der Waals surface area (Å²) in [6.07, 6.45) is 9.54. The number of nitrogens with zero attached hydrogens (tertiary/aromatic N) is 1. The van der Waals surface area contributed by atoms with Crippen LogP contribution in [-0.4, -0.2) is 42.9 Å². The van der Waals surface area contributed by atoms with E-state index < -0.39 is 0 Å². The van der Waals surface area contributed by atoms with Crippen molar-refractivity contribution in [2.75, 3.05) is 32.8 Å². The van der Waals surface area contributed by atoms with Crippen LogP contribution in [-0.2, 0) is 4.74 Å². The molecule has 1 aromatic rings. The van der Waals surface area contributed by atoms with Gasteiger partial charge in [0.1, 0.15) is 5.76 Å². The first kappa shape index (κ1) is 23.2. The molecule has 1 unspecified atom stereocenters. The average molecular weight is 372 g/mol. The van der Waals surface area contributed by atoms with Crippen LogP contribution in [0, 0.1) is 5.92 Å². The molecule has 3 heteroatoms. The van der Waals surface area contributed by atoms with Crippen molar-refractivity contribution >= 4 is 5.57 Å². The van der Waals surface area contributed by atoms with Gasteiger partial charge in [0.25, 0.3) is 0 Å². The third kappa shape index (κ3) is 8.59. The van der Waals surface area contributed by atoms with Crippen molar-refractivity contribution < 1.29 is 9.84 Å². The largest absolute Gasteiger partial charge is 0.494 e. The summed E-state index contributed by atoms with van der Waals surface area (Å²) in [5.74, 6) is 1.33. The number of aliphatic hydroxyl groups is 1. The summed E-state index contributed by atoms with van der Waals surface area (Å²) < 4.78 is 5.93. The van der Waals surface area contributed by atoms with E-state index in [0.29, 0.717) is 12.5 Å². The molecule has 150 valence electrons. The summed E-state index contributed by atoms with van der Waals surface area (Å²) in [4.78, 5) is 2.24. The molecule has 1 aromatic carbocycles. The Morgan fingerprint density at radius 2 is 1.96 bits per heavy atom. The van der Waals surface area contributed by atoms with Crippen LogP contribution in [0.4, 0.5) is 0 Å². The van der Waals surface area contributed by atoms with Crippen molar-refractivity contribution in [3.63, 3.8) is 0 Å². The molecule has 0 heterocycles. The number of allylic oxidation sites excluding steroid dienone is 4. The molecule has 0 saturated carbocycles.